The van der Waals surface area contributed by atoms with Crippen LogP contribution in [0, 0.1) is 5.92 Å². The number of piperidine rings is 1. The highest BCUT2D eigenvalue weighted by molar-refractivity contribution is 5.89. The normalized spacial score (nSPS) is 28.7. The molecule has 0 aromatic carbocycles. The van der Waals surface area contributed by atoms with Crippen LogP contribution in [0.1, 0.15) is 77.0 Å². The Kier molecular flexibility index (Phi) is 6.22. The number of piperazine rings is 1. The largest absolute Gasteiger partial charge is 0.339 e. The van der Waals surface area contributed by atoms with E-state index in [0.29, 0.717) is 44.6 Å². The highest BCUT2D eigenvalue weighted by Gasteiger charge is 2.39. The Morgan fingerprint density at radius 3 is 1.96 bits per heavy atom. The van der Waals surface area contributed by atoms with Crippen LogP contribution in [0.4, 0.5) is 0 Å². The summed E-state index contributed by atoms with van der Waals surface area (Å²) >= 11 is 0. The van der Waals surface area contributed by atoms with Crippen LogP contribution >= 0.6 is 0 Å². The minimum atomic E-state index is -0.133. The summed E-state index contributed by atoms with van der Waals surface area (Å²) in [5, 5.41) is 0. The summed E-state index contributed by atoms with van der Waals surface area (Å²) in [6, 6.07) is 0.703. The molecular weight excluding hydrogens is 354 g/mol. The lowest BCUT2D eigenvalue weighted by atomic mass is 9.93. The Morgan fingerprint density at radius 1 is 0.714 bits per heavy atom. The number of nitrogens with zero attached hydrogens (tertiary/aromatic N) is 3. The molecule has 2 saturated carbocycles. The van der Waals surface area contributed by atoms with Gasteiger partial charge in [0.05, 0.1) is 12.5 Å². The van der Waals surface area contributed by atoms with Crippen LogP contribution < -0.4 is 0 Å². The summed E-state index contributed by atoms with van der Waals surface area (Å²) in [5.41, 5.74) is 0. The van der Waals surface area contributed by atoms with Crippen LogP contribution in [0.3, 0.4) is 0 Å². The molecule has 6 heteroatoms. The molecule has 2 aliphatic heterocycles. The topological polar surface area (TPSA) is 60.9 Å². The van der Waals surface area contributed by atoms with Crippen LogP contribution in [-0.2, 0) is 14.4 Å². The third-order valence-electron chi connectivity index (χ3n) is 7.39. The summed E-state index contributed by atoms with van der Waals surface area (Å²) < 4.78 is 0. The first-order chi connectivity index (χ1) is 13.6. The van der Waals surface area contributed by atoms with Crippen molar-refractivity contribution in [2.45, 2.75) is 89.1 Å². The molecule has 2 saturated heterocycles. The zero-order valence-electron chi connectivity index (χ0n) is 17.1. The molecule has 0 radical (unpaired) electrons. The van der Waals surface area contributed by atoms with Gasteiger partial charge in [0.1, 0.15) is 0 Å². The standard InChI is InChI=1S/C22H35N3O3/c26-20-12-11-17(15-25(20)19-7-3-1-2-4-8-19)22(28)23-13-14-24(21(27)16-23)18-9-5-6-10-18/h17-19H,1-16H2/t17-/m1/s1. The van der Waals surface area contributed by atoms with Gasteiger partial charge in [-0.2, -0.15) is 0 Å². The zero-order chi connectivity index (χ0) is 19.5. The van der Waals surface area contributed by atoms with Gasteiger partial charge in [0, 0.05) is 38.1 Å². The summed E-state index contributed by atoms with van der Waals surface area (Å²) in [7, 11) is 0. The fourth-order valence-electron chi connectivity index (χ4n) is 5.73. The van der Waals surface area contributed by atoms with E-state index in [9.17, 15) is 14.4 Å². The highest BCUT2D eigenvalue weighted by Crippen LogP contribution is 2.29. The lowest BCUT2D eigenvalue weighted by molar-refractivity contribution is -0.152. The molecule has 0 aromatic heterocycles. The second-order valence-electron chi connectivity index (χ2n) is 9.21. The second kappa shape index (κ2) is 8.83. The van der Waals surface area contributed by atoms with Crippen molar-refractivity contribution in [2.75, 3.05) is 26.2 Å². The predicted molar refractivity (Wildman–Crippen MR) is 106 cm³/mol. The third-order valence-corrected chi connectivity index (χ3v) is 7.39. The van der Waals surface area contributed by atoms with E-state index in [-0.39, 0.29) is 30.2 Å². The molecule has 4 rings (SSSR count). The van der Waals surface area contributed by atoms with Crippen molar-refractivity contribution in [2.24, 2.45) is 5.92 Å². The zero-order valence-corrected chi connectivity index (χ0v) is 17.1. The highest BCUT2D eigenvalue weighted by atomic mass is 16.2. The van der Waals surface area contributed by atoms with Crippen LogP contribution in [0.2, 0.25) is 0 Å². The molecule has 0 bridgehead atoms. The van der Waals surface area contributed by atoms with E-state index >= 15 is 0 Å². The van der Waals surface area contributed by atoms with Crippen LogP contribution in [-0.4, -0.2) is 70.7 Å². The van der Waals surface area contributed by atoms with Crippen molar-refractivity contribution < 1.29 is 14.4 Å². The predicted octanol–water partition coefficient (Wildman–Crippen LogP) is 2.56. The lowest BCUT2D eigenvalue weighted by Gasteiger charge is -2.42. The number of rotatable bonds is 3. The first kappa shape index (κ1) is 19.7. The molecule has 2 heterocycles. The monoisotopic (exact) mass is 389 g/mol. The molecule has 4 aliphatic rings. The third kappa shape index (κ3) is 4.20. The second-order valence-corrected chi connectivity index (χ2v) is 9.21. The molecule has 4 fully saturated rings. The van der Waals surface area contributed by atoms with Gasteiger partial charge >= 0.3 is 0 Å². The first-order valence-electron chi connectivity index (χ1n) is 11.5. The number of amides is 3. The van der Waals surface area contributed by atoms with Gasteiger partial charge in [-0.3, -0.25) is 14.4 Å². The van der Waals surface area contributed by atoms with Gasteiger partial charge in [-0.1, -0.05) is 38.5 Å². The van der Waals surface area contributed by atoms with E-state index in [1.54, 1.807) is 4.90 Å². The minimum absolute atomic E-state index is 0.0885. The summed E-state index contributed by atoms with van der Waals surface area (Å²) in [6.45, 7) is 2.10. The van der Waals surface area contributed by atoms with Crippen molar-refractivity contribution in [3.05, 3.63) is 0 Å². The number of carbonyl (C=O) groups is 3. The van der Waals surface area contributed by atoms with Crippen LogP contribution in [0.25, 0.3) is 0 Å². The van der Waals surface area contributed by atoms with Crippen molar-refractivity contribution in [1.82, 2.24) is 14.7 Å². The van der Waals surface area contributed by atoms with Crippen molar-refractivity contribution >= 4 is 17.7 Å². The summed E-state index contributed by atoms with van der Waals surface area (Å²) in [6.07, 6.45) is 12.8. The average Bonchev–Trinajstić information content (AvgIpc) is 3.10. The average molecular weight is 390 g/mol. The molecule has 1 atom stereocenters. The maximum absolute atomic E-state index is 13.1. The van der Waals surface area contributed by atoms with E-state index in [4.69, 9.17) is 0 Å². The molecular formula is C22H35N3O3. The fraction of sp³-hybridized carbons (Fsp3) is 0.864. The maximum Gasteiger partial charge on any atom is 0.242 e. The summed E-state index contributed by atoms with van der Waals surface area (Å²) in [5.74, 6) is 0.286. The summed E-state index contributed by atoms with van der Waals surface area (Å²) in [4.78, 5) is 44.1. The van der Waals surface area contributed by atoms with E-state index in [2.05, 4.69) is 0 Å². The van der Waals surface area contributed by atoms with Gasteiger partial charge in [-0.05, 0) is 32.1 Å². The first-order valence-corrected chi connectivity index (χ1v) is 11.5. The number of hydrogen-bond acceptors (Lipinski definition) is 3. The molecule has 3 amide bonds. The molecule has 0 N–H and O–H groups in total. The van der Waals surface area contributed by atoms with Gasteiger partial charge < -0.3 is 14.7 Å². The number of carbonyl (C=O) groups excluding carboxylic acids is 3. The van der Waals surface area contributed by atoms with E-state index < -0.39 is 0 Å². The van der Waals surface area contributed by atoms with E-state index in [1.807, 2.05) is 9.80 Å². The molecule has 0 spiro atoms. The minimum Gasteiger partial charge on any atom is -0.339 e. The van der Waals surface area contributed by atoms with Crippen molar-refractivity contribution in [1.29, 1.82) is 0 Å². The molecule has 0 unspecified atom stereocenters. The smallest absolute Gasteiger partial charge is 0.242 e. The number of hydrogen-bond donors (Lipinski definition) is 0. The lowest BCUT2D eigenvalue weighted by Crippen LogP contribution is -2.57. The Morgan fingerprint density at radius 2 is 1.32 bits per heavy atom. The van der Waals surface area contributed by atoms with Crippen molar-refractivity contribution in [3.63, 3.8) is 0 Å². The molecule has 28 heavy (non-hydrogen) atoms. The van der Waals surface area contributed by atoms with Gasteiger partial charge in [-0.15, -0.1) is 0 Å². The molecule has 156 valence electrons. The fourth-order valence-corrected chi connectivity index (χ4v) is 5.73. The SMILES string of the molecule is O=C([C@@H]1CCC(=O)N(C2CCCCCC2)C1)N1CCN(C2CCCC2)C(=O)C1. The Labute approximate surface area is 168 Å². The quantitative estimate of drug-likeness (QED) is 0.697. The van der Waals surface area contributed by atoms with Gasteiger partial charge in [0.2, 0.25) is 17.7 Å². The van der Waals surface area contributed by atoms with Crippen LogP contribution in [0.5, 0.6) is 0 Å². The maximum atomic E-state index is 13.1. The Hall–Kier alpha value is -1.59. The van der Waals surface area contributed by atoms with Gasteiger partial charge in [0.15, 0.2) is 0 Å². The Bertz CT molecular complexity index is 594. The number of likely N-dealkylation sites (tertiary alicyclic amines) is 1. The molecule has 0 aromatic rings. The van der Waals surface area contributed by atoms with Crippen molar-refractivity contribution in [3.8, 4) is 0 Å². The van der Waals surface area contributed by atoms with Gasteiger partial charge in [0.25, 0.3) is 0 Å². The Balaban J connectivity index is 1.35. The van der Waals surface area contributed by atoms with E-state index in [0.717, 1.165) is 25.7 Å². The molecule has 2 aliphatic carbocycles. The van der Waals surface area contributed by atoms with Gasteiger partial charge in [-0.25, -0.2) is 0 Å². The van der Waals surface area contributed by atoms with Crippen LogP contribution in [0.15, 0.2) is 0 Å². The van der Waals surface area contributed by atoms with E-state index in [1.165, 1.54) is 38.5 Å². The molecule has 6 nitrogen and oxygen atoms in total.